The Morgan fingerprint density at radius 2 is 1.96 bits per heavy atom. The van der Waals surface area contributed by atoms with Crippen molar-refractivity contribution < 1.29 is 0 Å². The van der Waals surface area contributed by atoms with Gasteiger partial charge in [0, 0.05) is 18.4 Å². The Bertz CT molecular complexity index is 1150. The zero-order valence-electron chi connectivity index (χ0n) is 15.7. The molecule has 0 radical (unpaired) electrons. The first-order chi connectivity index (χ1) is 13.0. The van der Waals surface area contributed by atoms with Gasteiger partial charge in [0.25, 0.3) is 0 Å². The molecular formula is C18H20N8S. The van der Waals surface area contributed by atoms with Crippen LogP contribution < -0.4 is 0 Å². The minimum atomic E-state index is 0.422. The van der Waals surface area contributed by atoms with E-state index in [-0.39, 0.29) is 0 Å². The number of hydrogen-bond acceptors (Lipinski definition) is 7. The summed E-state index contributed by atoms with van der Waals surface area (Å²) in [6.45, 7) is 8.80. The van der Waals surface area contributed by atoms with Crippen molar-refractivity contribution in [3.63, 3.8) is 0 Å². The lowest BCUT2D eigenvalue weighted by Crippen LogP contribution is -2.04. The fourth-order valence-electron chi connectivity index (χ4n) is 3.58. The molecule has 27 heavy (non-hydrogen) atoms. The first-order valence-electron chi connectivity index (χ1n) is 9.13. The van der Waals surface area contributed by atoms with Crippen LogP contribution in [-0.2, 0) is 6.54 Å². The summed E-state index contributed by atoms with van der Waals surface area (Å²) in [5.74, 6) is 2.51. The van der Waals surface area contributed by atoms with E-state index in [1.807, 2.05) is 25.5 Å². The molecule has 4 heterocycles. The number of aromatic nitrogens is 8. The van der Waals surface area contributed by atoms with Crippen molar-refractivity contribution in [1.29, 1.82) is 0 Å². The van der Waals surface area contributed by atoms with Gasteiger partial charge in [0.15, 0.2) is 11.5 Å². The average molecular weight is 380 g/mol. The van der Waals surface area contributed by atoms with Crippen LogP contribution in [-0.4, -0.2) is 38.9 Å². The lowest BCUT2D eigenvalue weighted by atomic mass is 10.2. The summed E-state index contributed by atoms with van der Waals surface area (Å²) in [5.41, 5.74) is 4.90. The number of nitrogens with zero attached hydrogens (tertiary/aromatic N) is 8. The van der Waals surface area contributed by atoms with E-state index in [2.05, 4.69) is 38.6 Å². The predicted octanol–water partition coefficient (Wildman–Crippen LogP) is 3.06. The Morgan fingerprint density at radius 3 is 2.70 bits per heavy atom. The third-order valence-corrected chi connectivity index (χ3v) is 6.04. The summed E-state index contributed by atoms with van der Waals surface area (Å²) in [6, 6.07) is 4.24. The topological polar surface area (TPSA) is 86.7 Å². The molecule has 5 rings (SSSR count). The van der Waals surface area contributed by atoms with Crippen LogP contribution in [0.4, 0.5) is 0 Å². The molecule has 0 N–H and O–H groups in total. The molecule has 138 valence electrons. The van der Waals surface area contributed by atoms with Crippen LogP contribution in [0.15, 0.2) is 12.1 Å². The fourth-order valence-corrected chi connectivity index (χ4v) is 4.41. The van der Waals surface area contributed by atoms with Gasteiger partial charge in [-0.1, -0.05) is 0 Å². The number of aryl methyl sites for hydroxylation is 4. The van der Waals surface area contributed by atoms with E-state index >= 15 is 0 Å². The quantitative estimate of drug-likeness (QED) is 0.541. The zero-order valence-corrected chi connectivity index (χ0v) is 16.5. The van der Waals surface area contributed by atoms with Gasteiger partial charge >= 0.3 is 0 Å². The van der Waals surface area contributed by atoms with Crippen molar-refractivity contribution in [2.75, 3.05) is 0 Å². The van der Waals surface area contributed by atoms with Gasteiger partial charge in [-0.2, -0.15) is 19.1 Å². The molecule has 0 aliphatic heterocycles. The van der Waals surface area contributed by atoms with Gasteiger partial charge in [0.05, 0.1) is 11.4 Å². The van der Waals surface area contributed by atoms with Crippen molar-refractivity contribution in [1.82, 2.24) is 38.9 Å². The summed E-state index contributed by atoms with van der Waals surface area (Å²) in [4.78, 5) is 4.55. The molecule has 1 aliphatic carbocycles. The maximum absolute atomic E-state index is 4.86. The summed E-state index contributed by atoms with van der Waals surface area (Å²) < 4.78 is 8.15. The van der Waals surface area contributed by atoms with E-state index in [0.29, 0.717) is 11.8 Å². The van der Waals surface area contributed by atoms with Gasteiger partial charge in [0.1, 0.15) is 16.5 Å². The van der Waals surface area contributed by atoms with Gasteiger partial charge in [-0.15, -0.1) is 10.2 Å². The molecule has 1 fully saturated rings. The summed E-state index contributed by atoms with van der Waals surface area (Å²) in [6.07, 6.45) is 1.09. The predicted molar refractivity (Wildman–Crippen MR) is 102 cm³/mol. The standard InChI is InChI=1S/C18H20N8S/c1-5-25-16(15-6-9(2)17-21-20-11(4)26(17)23-15)8-14(22-25)12-7-13(12)18-19-10(3)24-27-18/h6,8,12-13H,5,7H2,1-4H3. The van der Waals surface area contributed by atoms with Crippen LogP contribution in [0.5, 0.6) is 0 Å². The fraction of sp³-hybridized carbons (Fsp3) is 0.444. The molecule has 0 aromatic carbocycles. The van der Waals surface area contributed by atoms with E-state index in [4.69, 9.17) is 10.2 Å². The minimum Gasteiger partial charge on any atom is -0.263 e. The molecule has 0 spiro atoms. The average Bonchev–Trinajstić information content (AvgIpc) is 2.98. The number of fused-ring (bicyclic) bond motifs is 1. The van der Waals surface area contributed by atoms with E-state index in [0.717, 1.165) is 57.9 Å². The highest BCUT2D eigenvalue weighted by molar-refractivity contribution is 7.05. The second-order valence-electron chi connectivity index (χ2n) is 7.09. The highest BCUT2D eigenvalue weighted by atomic mass is 32.1. The molecule has 1 saturated carbocycles. The molecule has 4 aromatic heterocycles. The maximum atomic E-state index is 4.86. The van der Waals surface area contributed by atoms with Crippen LogP contribution >= 0.6 is 11.5 Å². The third-order valence-electron chi connectivity index (χ3n) is 5.10. The molecule has 0 saturated heterocycles. The van der Waals surface area contributed by atoms with Crippen molar-refractivity contribution in [2.45, 2.75) is 52.5 Å². The smallest absolute Gasteiger partial charge is 0.180 e. The normalized spacial score (nSPS) is 19.1. The summed E-state index contributed by atoms with van der Waals surface area (Å²) in [7, 11) is 0. The number of hydrogen-bond donors (Lipinski definition) is 0. The molecule has 1 aliphatic rings. The lowest BCUT2D eigenvalue weighted by Gasteiger charge is -2.06. The molecule has 9 heteroatoms. The van der Waals surface area contributed by atoms with Gasteiger partial charge in [-0.3, -0.25) is 4.68 Å². The minimum absolute atomic E-state index is 0.422. The summed E-state index contributed by atoms with van der Waals surface area (Å²) in [5, 5.41) is 19.1. The molecule has 4 aromatic rings. The van der Waals surface area contributed by atoms with Crippen LogP contribution in [0.3, 0.4) is 0 Å². The first kappa shape index (κ1) is 16.5. The molecule has 2 unspecified atom stereocenters. The van der Waals surface area contributed by atoms with Crippen LogP contribution in [0.25, 0.3) is 17.0 Å². The van der Waals surface area contributed by atoms with E-state index in [1.54, 1.807) is 4.52 Å². The van der Waals surface area contributed by atoms with Gasteiger partial charge < -0.3 is 0 Å². The van der Waals surface area contributed by atoms with Crippen molar-refractivity contribution in [3.05, 3.63) is 40.0 Å². The Labute approximate surface area is 160 Å². The second kappa shape index (κ2) is 5.91. The largest absolute Gasteiger partial charge is 0.263 e. The Balaban J connectivity index is 1.53. The van der Waals surface area contributed by atoms with Crippen LogP contribution in [0, 0.1) is 20.8 Å². The summed E-state index contributed by atoms with van der Waals surface area (Å²) >= 11 is 1.51. The van der Waals surface area contributed by atoms with Crippen LogP contribution in [0.1, 0.15) is 53.1 Å². The zero-order chi connectivity index (χ0) is 18.7. The lowest BCUT2D eigenvalue weighted by molar-refractivity contribution is 0.649. The van der Waals surface area contributed by atoms with E-state index in [9.17, 15) is 0 Å². The Hall–Kier alpha value is -2.68. The van der Waals surface area contributed by atoms with Crippen molar-refractivity contribution in [3.8, 4) is 11.4 Å². The maximum Gasteiger partial charge on any atom is 0.180 e. The number of rotatable bonds is 4. The van der Waals surface area contributed by atoms with Gasteiger partial charge in [-0.05, 0) is 63.3 Å². The van der Waals surface area contributed by atoms with Crippen molar-refractivity contribution >= 4 is 17.2 Å². The molecule has 8 nitrogen and oxygen atoms in total. The SMILES string of the molecule is CCn1nc(C2CC2c2nc(C)ns2)cc1-c1cc(C)c2nnc(C)n2n1. The van der Waals surface area contributed by atoms with E-state index in [1.165, 1.54) is 11.5 Å². The van der Waals surface area contributed by atoms with E-state index < -0.39 is 0 Å². The molecule has 2 atom stereocenters. The van der Waals surface area contributed by atoms with Gasteiger partial charge in [0.2, 0.25) is 0 Å². The molecule has 0 bridgehead atoms. The first-order valence-corrected chi connectivity index (χ1v) is 9.90. The Morgan fingerprint density at radius 1 is 1.11 bits per heavy atom. The monoisotopic (exact) mass is 380 g/mol. The highest BCUT2D eigenvalue weighted by Crippen LogP contribution is 2.54. The molecular weight excluding hydrogens is 360 g/mol. The highest BCUT2D eigenvalue weighted by Gasteiger charge is 2.44. The molecule has 0 amide bonds. The van der Waals surface area contributed by atoms with Crippen LogP contribution in [0.2, 0.25) is 0 Å². The van der Waals surface area contributed by atoms with Gasteiger partial charge in [-0.25, -0.2) is 4.98 Å². The van der Waals surface area contributed by atoms with Crippen molar-refractivity contribution in [2.24, 2.45) is 0 Å². The second-order valence-corrected chi connectivity index (χ2v) is 7.88. The Kier molecular flexibility index (Phi) is 3.61. The third kappa shape index (κ3) is 2.64.